The first kappa shape index (κ1) is 37.6. The Labute approximate surface area is 304 Å². The van der Waals surface area contributed by atoms with Gasteiger partial charge in [-0.3, -0.25) is 37.9 Å². The molecule has 22 nitrogen and oxygen atoms in total. The van der Waals surface area contributed by atoms with Crippen LogP contribution in [0.3, 0.4) is 0 Å². The van der Waals surface area contributed by atoms with E-state index in [2.05, 4.69) is 29.9 Å². The fraction of sp³-hybridized carbons (Fsp3) is 0.500. The maximum absolute atomic E-state index is 12.2. The second-order valence-electron chi connectivity index (χ2n) is 12.1. The Bertz CT molecular complexity index is 1970. The summed E-state index contributed by atoms with van der Waals surface area (Å²) in [5.41, 5.74) is 1.18. The number of imidazole rings is 2. The monoisotopic (exact) mass is 754 g/mol. The number of esters is 6. The van der Waals surface area contributed by atoms with Crippen molar-refractivity contribution in [2.45, 2.75) is 90.6 Å². The van der Waals surface area contributed by atoms with Crippen molar-refractivity contribution in [1.29, 1.82) is 0 Å². The zero-order valence-corrected chi connectivity index (χ0v) is 29.6. The van der Waals surface area contributed by atoms with Crippen molar-refractivity contribution < 1.29 is 66.7 Å². The summed E-state index contributed by atoms with van der Waals surface area (Å²) in [4.78, 5) is 98.4. The summed E-state index contributed by atoms with van der Waals surface area (Å²) < 4.78 is 47.5. The lowest BCUT2D eigenvalue weighted by atomic mass is 10.1. The van der Waals surface area contributed by atoms with Gasteiger partial charge in [0.15, 0.2) is 48.2 Å². The minimum absolute atomic E-state index is 0.189. The van der Waals surface area contributed by atoms with E-state index in [0.717, 1.165) is 0 Å². The largest absolute Gasteiger partial charge is 0.463 e. The molecule has 0 aliphatic carbocycles. The number of carbonyl (C=O) groups is 6. The van der Waals surface area contributed by atoms with E-state index in [1.54, 1.807) is 0 Å². The van der Waals surface area contributed by atoms with Gasteiger partial charge in [0, 0.05) is 41.5 Å². The predicted molar refractivity (Wildman–Crippen MR) is 173 cm³/mol. The molecule has 22 heteroatoms. The number of carbonyl (C=O) groups excluding carboxylic acids is 6. The van der Waals surface area contributed by atoms with Gasteiger partial charge in [-0.1, -0.05) is 0 Å². The maximum atomic E-state index is 12.2. The van der Waals surface area contributed by atoms with Gasteiger partial charge in [-0.05, 0) is 0 Å². The Hall–Kier alpha value is -6.16. The Balaban J connectivity index is 1.39. The molecule has 0 aromatic carbocycles. The van der Waals surface area contributed by atoms with Crippen molar-refractivity contribution in [3.05, 3.63) is 25.3 Å². The molecule has 0 saturated carbocycles. The first-order valence-electron chi connectivity index (χ1n) is 16.3. The van der Waals surface area contributed by atoms with E-state index in [9.17, 15) is 28.8 Å². The Morgan fingerprint density at radius 2 is 0.870 bits per heavy atom. The third-order valence-corrected chi connectivity index (χ3v) is 8.17. The summed E-state index contributed by atoms with van der Waals surface area (Å²) in [6, 6.07) is 0. The van der Waals surface area contributed by atoms with Crippen LogP contribution in [0.1, 0.15) is 54.0 Å². The zero-order chi connectivity index (χ0) is 38.8. The highest BCUT2D eigenvalue weighted by molar-refractivity contribution is 5.95. The highest BCUT2D eigenvalue weighted by Crippen LogP contribution is 2.39. The van der Waals surface area contributed by atoms with E-state index < -0.39 is 84.9 Å². The molecule has 6 rings (SSSR count). The molecule has 54 heavy (non-hydrogen) atoms. The molecule has 286 valence electrons. The van der Waals surface area contributed by atoms with Gasteiger partial charge in [-0.25, -0.2) is 29.9 Å². The lowest BCUT2D eigenvalue weighted by molar-refractivity contribution is -0.166. The fourth-order valence-corrected chi connectivity index (χ4v) is 6.26. The highest BCUT2D eigenvalue weighted by atomic mass is 16.7. The molecule has 2 aliphatic heterocycles. The number of hydrogen-bond acceptors (Lipinski definition) is 20. The smallest absolute Gasteiger partial charge is 0.303 e. The van der Waals surface area contributed by atoms with E-state index in [0.29, 0.717) is 0 Å². The SMILES string of the molecule is CC(=O)OC[C@H]1O[C@@H](n2cnc3c(-c4ncnc5c4ncn5[C@@H]4O[C@H](COC(C)=O)[C@@H](OC(C)=O)[C@H]4OC(C)=O)ncnc32)[C@H](OC(C)=O)[C@@H]1OC(C)=O. The van der Waals surface area contributed by atoms with E-state index in [4.69, 9.17) is 37.9 Å². The minimum Gasteiger partial charge on any atom is -0.463 e. The fourth-order valence-electron chi connectivity index (χ4n) is 6.26. The molecule has 2 saturated heterocycles. The number of ether oxygens (including phenoxy) is 8. The molecule has 0 amide bonds. The molecule has 2 aliphatic rings. The summed E-state index contributed by atoms with van der Waals surface area (Å²) in [7, 11) is 0. The predicted octanol–water partition coefficient (Wildman–Crippen LogP) is 0.281. The van der Waals surface area contributed by atoms with Gasteiger partial charge in [0.05, 0.1) is 12.7 Å². The Morgan fingerprint density at radius 3 is 1.20 bits per heavy atom. The number of nitrogens with zero attached hydrogens (tertiary/aromatic N) is 8. The van der Waals surface area contributed by atoms with Crippen molar-refractivity contribution in [3.8, 4) is 11.4 Å². The molecule has 0 N–H and O–H groups in total. The van der Waals surface area contributed by atoms with Gasteiger partial charge in [-0.15, -0.1) is 0 Å². The Kier molecular flexibility index (Phi) is 10.7. The minimum atomic E-state index is -1.21. The quantitative estimate of drug-likeness (QED) is 0.147. The number of rotatable bonds is 11. The van der Waals surface area contributed by atoms with Gasteiger partial charge < -0.3 is 37.9 Å². The van der Waals surface area contributed by atoms with Crippen molar-refractivity contribution in [2.24, 2.45) is 0 Å². The van der Waals surface area contributed by atoms with Crippen molar-refractivity contribution in [2.75, 3.05) is 13.2 Å². The maximum Gasteiger partial charge on any atom is 0.303 e. The summed E-state index contributed by atoms with van der Waals surface area (Å²) in [5, 5.41) is 0. The molecule has 0 bridgehead atoms. The van der Waals surface area contributed by atoms with Crippen LogP contribution in [0.5, 0.6) is 0 Å². The third-order valence-electron chi connectivity index (χ3n) is 8.17. The average Bonchev–Trinajstić information content (AvgIpc) is 3.86. The van der Waals surface area contributed by atoms with Gasteiger partial charge >= 0.3 is 35.8 Å². The lowest BCUT2D eigenvalue weighted by Gasteiger charge is -2.23. The van der Waals surface area contributed by atoms with Gasteiger partial charge in [0.25, 0.3) is 0 Å². The van der Waals surface area contributed by atoms with Crippen LogP contribution in [-0.4, -0.2) is 125 Å². The normalized spacial score (nSPS) is 24.9. The van der Waals surface area contributed by atoms with Crippen molar-refractivity contribution >= 4 is 58.1 Å². The standard InChI is InChI=1S/C32H34N8O14/c1-13(41)47-7-19-25(49-15(3)43)27(51-17(5)45)31(53-19)39-11-37-23-21(33-9-35-29(23)39)22-24-30(36-10-34-22)40(12-38-24)32-28(52-18(6)46)26(50-16(4)44)20(54-32)8-48-14(2)42/h9-12,19-20,25-28,31-32H,7-8H2,1-6H3/t19-,20-,25-,26-,27-,28-,31-,32-/m1/s1. The average molecular weight is 755 g/mol. The molecule has 6 heterocycles. The van der Waals surface area contributed by atoms with Crippen LogP contribution in [0.2, 0.25) is 0 Å². The second-order valence-corrected chi connectivity index (χ2v) is 12.1. The number of aromatic nitrogens is 8. The molecular formula is C32H34N8O14. The molecule has 0 unspecified atom stereocenters. The molecule has 4 aromatic heterocycles. The van der Waals surface area contributed by atoms with Crippen LogP contribution in [-0.2, 0) is 66.7 Å². The van der Waals surface area contributed by atoms with E-state index in [1.165, 1.54) is 76.0 Å². The van der Waals surface area contributed by atoms with E-state index >= 15 is 0 Å². The summed E-state index contributed by atoms with van der Waals surface area (Å²) in [6.45, 7) is 6.47. The summed E-state index contributed by atoms with van der Waals surface area (Å²) in [6.07, 6.45) is -3.93. The molecule has 0 radical (unpaired) electrons. The van der Waals surface area contributed by atoms with Gasteiger partial charge in [0.2, 0.25) is 0 Å². The number of hydrogen-bond donors (Lipinski definition) is 0. The highest BCUT2D eigenvalue weighted by Gasteiger charge is 2.52. The molecule has 8 atom stereocenters. The lowest BCUT2D eigenvalue weighted by Crippen LogP contribution is -2.40. The van der Waals surface area contributed by atoms with Gasteiger partial charge in [0.1, 0.15) is 60.5 Å². The molecular weight excluding hydrogens is 720 g/mol. The van der Waals surface area contributed by atoms with Crippen LogP contribution < -0.4 is 0 Å². The summed E-state index contributed by atoms with van der Waals surface area (Å²) in [5.74, 6) is -3.99. The van der Waals surface area contributed by atoms with Crippen LogP contribution in [0, 0.1) is 0 Å². The van der Waals surface area contributed by atoms with Crippen LogP contribution in [0.15, 0.2) is 25.3 Å². The molecule has 4 aromatic rings. The van der Waals surface area contributed by atoms with Crippen LogP contribution in [0.4, 0.5) is 0 Å². The molecule has 0 spiro atoms. The second kappa shape index (κ2) is 15.4. The number of fused-ring (bicyclic) bond motifs is 2. The summed E-state index contributed by atoms with van der Waals surface area (Å²) >= 11 is 0. The zero-order valence-electron chi connectivity index (χ0n) is 29.6. The topological polar surface area (TPSA) is 263 Å². The molecule has 2 fully saturated rings. The Morgan fingerprint density at radius 1 is 0.519 bits per heavy atom. The van der Waals surface area contributed by atoms with Crippen molar-refractivity contribution in [3.63, 3.8) is 0 Å². The van der Waals surface area contributed by atoms with Crippen molar-refractivity contribution in [1.82, 2.24) is 39.0 Å². The first-order chi connectivity index (χ1) is 25.7. The third kappa shape index (κ3) is 7.64. The first-order valence-corrected chi connectivity index (χ1v) is 16.3. The van der Waals surface area contributed by atoms with Crippen LogP contribution in [0.25, 0.3) is 33.7 Å². The van der Waals surface area contributed by atoms with E-state index in [1.807, 2.05) is 0 Å². The van der Waals surface area contributed by atoms with Crippen LogP contribution >= 0.6 is 0 Å². The van der Waals surface area contributed by atoms with E-state index in [-0.39, 0.29) is 46.9 Å². The van der Waals surface area contributed by atoms with Gasteiger partial charge in [-0.2, -0.15) is 0 Å².